The number of nitrogens with one attached hydrogen (secondary N) is 2. The molecule has 0 aliphatic carbocycles. The molecule has 28 heavy (non-hydrogen) atoms. The molecule has 2 N–H and O–H groups in total. The van der Waals surface area contributed by atoms with Crippen molar-refractivity contribution in [1.82, 2.24) is 14.6 Å². The minimum absolute atomic E-state index is 0.0161. The van der Waals surface area contributed by atoms with Crippen LogP contribution in [0.3, 0.4) is 0 Å². The number of sulfonamides is 1. The van der Waals surface area contributed by atoms with E-state index in [1.54, 1.807) is 0 Å². The Bertz CT molecular complexity index is 919. The molecular weight excluding hydrogens is 396 g/mol. The second-order valence-electron chi connectivity index (χ2n) is 7.21. The molecular formula is C19H26N4O3S2. The number of hydrogen-bond donors (Lipinski definition) is 2. The maximum atomic E-state index is 12.3. The number of aryl methyl sites for hydroxylation is 1. The number of carbonyl (C=O) groups excluding carboxylic acids is 1. The molecule has 0 spiro atoms. The van der Waals surface area contributed by atoms with Crippen LogP contribution in [0.15, 0.2) is 29.6 Å². The lowest BCUT2D eigenvalue weighted by atomic mass is 10.1. The van der Waals surface area contributed by atoms with Gasteiger partial charge in [0.05, 0.1) is 18.4 Å². The average Bonchev–Trinajstić information content (AvgIpc) is 3.04. The second kappa shape index (κ2) is 9.13. The minimum atomic E-state index is -3.15. The number of anilines is 1. The van der Waals surface area contributed by atoms with Gasteiger partial charge in [-0.05, 0) is 31.4 Å². The second-order valence-corrected chi connectivity index (χ2v) is 9.94. The summed E-state index contributed by atoms with van der Waals surface area (Å²) in [6.07, 6.45) is 3.05. The first-order chi connectivity index (χ1) is 13.3. The monoisotopic (exact) mass is 422 g/mol. The van der Waals surface area contributed by atoms with Gasteiger partial charge in [0.15, 0.2) is 0 Å². The molecule has 2 heterocycles. The van der Waals surface area contributed by atoms with Crippen LogP contribution in [0.25, 0.3) is 0 Å². The highest BCUT2D eigenvalue weighted by Crippen LogP contribution is 2.18. The van der Waals surface area contributed by atoms with Gasteiger partial charge in [0, 0.05) is 36.7 Å². The van der Waals surface area contributed by atoms with Crippen LogP contribution in [0.2, 0.25) is 0 Å². The largest absolute Gasteiger partial charge is 0.325 e. The predicted molar refractivity (Wildman–Crippen MR) is 112 cm³/mol. The Labute approximate surface area is 170 Å². The van der Waals surface area contributed by atoms with E-state index in [0.717, 1.165) is 54.4 Å². The molecule has 1 aliphatic heterocycles. The number of para-hydroxylation sites is 1. The van der Waals surface area contributed by atoms with Gasteiger partial charge in [-0.1, -0.05) is 18.2 Å². The van der Waals surface area contributed by atoms with Crippen LogP contribution < -0.4 is 10.0 Å². The lowest BCUT2D eigenvalue weighted by Gasteiger charge is -2.31. The van der Waals surface area contributed by atoms with E-state index in [-0.39, 0.29) is 18.4 Å². The van der Waals surface area contributed by atoms with E-state index in [2.05, 4.69) is 19.9 Å². The van der Waals surface area contributed by atoms with Crippen molar-refractivity contribution in [2.24, 2.45) is 0 Å². The lowest BCUT2D eigenvalue weighted by Crippen LogP contribution is -2.44. The molecule has 152 valence electrons. The van der Waals surface area contributed by atoms with Gasteiger partial charge in [-0.25, -0.2) is 18.1 Å². The van der Waals surface area contributed by atoms with E-state index in [1.807, 2.05) is 36.6 Å². The number of rotatable bonds is 7. The van der Waals surface area contributed by atoms with Crippen molar-refractivity contribution >= 4 is 33.0 Å². The molecule has 0 bridgehead atoms. The number of piperidine rings is 1. The molecule has 0 saturated carbocycles. The summed E-state index contributed by atoms with van der Waals surface area (Å²) in [4.78, 5) is 19.1. The fourth-order valence-corrected chi connectivity index (χ4v) is 4.91. The number of likely N-dealkylation sites (tertiary alicyclic amines) is 1. The Balaban J connectivity index is 1.47. The van der Waals surface area contributed by atoms with Crippen molar-refractivity contribution in [3.63, 3.8) is 0 Å². The summed E-state index contributed by atoms with van der Waals surface area (Å²) >= 11 is 1.50. The summed E-state index contributed by atoms with van der Waals surface area (Å²) in [5.74, 6) is -0.0668. The van der Waals surface area contributed by atoms with Crippen LogP contribution in [0.5, 0.6) is 0 Å². The van der Waals surface area contributed by atoms with Crippen molar-refractivity contribution < 1.29 is 13.2 Å². The number of nitrogens with zero attached hydrogens (tertiary/aromatic N) is 2. The first kappa shape index (κ1) is 20.9. The summed E-state index contributed by atoms with van der Waals surface area (Å²) in [6.45, 7) is 4.34. The third kappa shape index (κ3) is 6.37. The molecule has 1 saturated heterocycles. The smallest absolute Gasteiger partial charge is 0.231 e. The SMILES string of the molecule is Cc1ccccc1NC(=O)Cc1nc(CN2CCC(NS(C)(=O)=O)CC2)cs1. The quantitative estimate of drug-likeness (QED) is 0.713. The maximum absolute atomic E-state index is 12.3. The topological polar surface area (TPSA) is 91.4 Å². The molecule has 9 heteroatoms. The van der Waals surface area contributed by atoms with Crippen LogP contribution in [0.1, 0.15) is 29.1 Å². The summed E-state index contributed by atoms with van der Waals surface area (Å²) in [7, 11) is -3.15. The summed E-state index contributed by atoms with van der Waals surface area (Å²) in [6, 6.07) is 7.72. The zero-order valence-electron chi connectivity index (χ0n) is 16.1. The molecule has 1 amide bonds. The van der Waals surface area contributed by atoms with Gasteiger partial charge in [0.2, 0.25) is 15.9 Å². The van der Waals surface area contributed by atoms with Gasteiger partial charge in [-0.3, -0.25) is 9.69 Å². The Morgan fingerprint density at radius 2 is 2.00 bits per heavy atom. The molecule has 7 nitrogen and oxygen atoms in total. The van der Waals surface area contributed by atoms with E-state index in [4.69, 9.17) is 0 Å². The predicted octanol–water partition coefficient (Wildman–Crippen LogP) is 2.15. The fourth-order valence-electron chi connectivity index (χ4n) is 3.29. The van der Waals surface area contributed by atoms with E-state index in [0.29, 0.717) is 0 Å². The molecule has 1 aliphatic rings. The highest BCUT2D eigenvalue weighted by atomic mass is 32.2. The van der Waals surface area contributed by atoms with Gasteiger partial charge in [-0.15, -0.1) is 11.3 Å². The number of benzene rings is 1. The van der Waals surface area contributed by atoms with Gasteiger partial charge in [0.25, 0.3) is 0 Å². The number of amides is 1. The highest BCUT2D eigenvalue weighted by Gasteiger charge is 2.22. The van der Waals surface area contributed by atoms with Crippen molar-refractivity contribution in [3.05, 3.63) is 45.9 Å². The number of hydrogen-bond acceptors (Lipinski definition) is 6. The minimum Gasteiger partial charge on any atom is -0.325 e. The fraction of sp³-hybridized carbons (Fsp3) is 0.474. The number of carbonyl (C=O) groups is 1. The molecule has 1 aromatic heterocycles. The number of aromatic nitrogens is 1. The zero-order chi connectivity index (χ0) is 20.1. The number of thiazole rings is 1. The summed E-state index contributed by atoms with van der Waals surface area (Å²) in [5, 5.41) is 5.73. The molecule has 3 rings (SSSR count). The highest BCUT2D eigenvalue weighted by molar-refractivity contribution is 7.88. The van der Waals surface area contributed by atoms with Crippen LogP contribution >= 0.6 is 11.3 Å². The van der Waals surface area contributed by atoms with Crippen LogP contribution in [-0.2, 0) is 27.8 Å². The average molecular weight is 423 g/mol. The Morgan fingerprint density at radius 3 is 2.68 bits per heavy atom. The van der Waals surface area contributed by atoms with Gasteiger partial charge in [0.1, 0.15) is 5.01 Å². The Hall–Kier alpha value is -1.81. The Kier molecular flexibility index (Phi) is 6.82. The molecule has 2 aromatic rings. The Morgan fingerprint density at radius 1 is 1.29 bits per heavy atom. The maximum Gasteiger partial charge on any atom is 0.231 e. The van der Waals surface area contributed by atoms with E-state index in [1.165, 1.54) is 17.6 Å². The molecule has 0 unspecified atom stereocenters. The molecule has 0 radical (unpaired) electrons. The van der Waals surface area contributed by atoms with E-state index >= 15 is 0 Å². The third-order valence-electron chi connectivity index (χ3n) is 4.68. The molecule has 1 fully saturated rings. The van der Waals surface area contributed by atoms with Crippen molar-refractivity contribution in [2.75, 3.05) is 24.7 Å². The molecule has 1 aromatic carbocycles. The standard InChI is InChI=1S/C19H26N4O3S2/c1-14-5-3-4-6-17(14)21-18(24)11-19-20-16(13-27-19)12-23-9-7-15(8-10-23)22-28(2,25)26/h3-6,13,15,22H,7-12H2,1-2H3,(H,21,24). The van der Waals surface area contributed by atoms with Crippen molar-refractivity contribution in [3.8, 4) is 0 Å². The van der Waals surface area contributed by atoms with Crippen LogP contribution in [0, 0.1) is 6.92 Å². The van der Waals surface area contributed by atoms with Gasteiger partial charge in [-0.2, -0.15) is 0 Å². The van der Waals surface area contributed by atoms with Gasteiger partial charge < -0.3 is 5.32 Å². The van der Waals surface area contributed by atoms with E-state index < -0.39 is 10.0 Å². The van der Waals surface area contributed by atoms with Crippen molar-refractivity contribution in [2.45, 2.75) is 38.8 Å². The first-order valence-electron chi connectivity index (χ1n) is 9.27. The third-order valence-corrected chi connectivity index (χ3v) is 6.34. The normalized spacial score (nSPS) is 16.2. The van der Waals surface area contributed by atoms with Gasteiger partial charge >= 0.3 is 0 Å². The van der Waals surface area contributed by atoms with Crippen molar-refractivity contribution in [1.29, 1.82) is 0 Å². The van der Waals surface area contributed by atoms with Crippen LogP contribution in [0.4, 0.5) is 5.69 Å². The van der Waals surface area contributed by atoms with Crippen LogP contribution in [-0.4, -0.2) is 49.6 Å². The zero-order valence-corrected chi connectivity index (χ0v) is 17.8. The lowest BCUT2D eigenvalue weighted by molar-refractivity contribution is -0.115. The summed E-state index contributed by atoms with van der Waals surface area (Å²) < 4.78 is 25.3. The summed E-state index contributed by atoms with van der Waals surface area (Å²) in [5.41, 5.74) is 2.82. The molecule has 0 atom stereocenters. The first-order valence-corrected chi connectivity index (χ1v) is 12.0. The van der Waals surface area contributed by atoms with E-state index in [9.17, 15) is 13.2 Å².